The third-order valence-electron chi connectivity index (χ3n) is 3.19. The first-order chi connectivity index (χ1) is 12.3. The zero-order valence-corrected chi connectivity index (χ0v) is 14.1. The number of ether oxygens (including phenoxy) is 1. The molecule has 0 radical (unpaired) electrons. The van der Waals surface area contributed by atoms with Crippen LogP contribution in [0.4, 0.5) is 10.1 Å². The minimum atomic E-state index is -1.02. The highest BCUT2D eigenvalue weighted by Crippen LogP contribution is 2.22. The molecule has 136 valence electrons. The van der Waals surface area contributed by atoms with Gasteiger partial charge in [-0.1, -0.05) is 11.6 Å². The van der Waals surface area contributed by atoms with Gasteiger partial charge in [0.2, 0.25) is 0 Å². The van der Waals surface area contributed by atoms with Gasteiger partial charge in [-0.2, -0.15) is 0 Å². The Morgan fingerprint density at radius 2 is 1.85 bits per heavy atom. The van der Waals surface area contributed by atoms with E-state index in [0.717, 1.165) is 12.1 Å². The van der Waals surface area contributed by atoms with Crippen LogP contribution >= 0.6 is 11.6 Å². The van der Waals surface area contributed by atoms with Crippen molar-refractivity contribution < 1.29 is 23.6 Å². The second-order valence-electron chi connectivity index (χ2n) is 5.08. The summed E-state index contributed by atoms with van der Waals surface area (Å²) in [7, 11) is 0. The van der Waals surface area contributed by atoms with Crippen molar-refractivity contribution in [2.75, 3.05) is 0 Å². The van der Waals surface area contributed by atoms with Gasteiger partial charge in [0.15, 0.2) is 6.10 Å². The molecule has 2 amide bonds. The Hall–Kier alpha value is -3.20. The van der Waals surface area contributed by atoms with Crippen LogP contribution in [0.3, 0.4) is 0 Å². The second kappa shape index (κ2) is 8.26. The first kappa shape index (κ1) is 19.1. The van der Waals surface area contributed by atoms with Crippen molar-refractivity contribution in [1.29, 1.82) is 0 Å². The lowest BCUT2D eigenvalue weighted by molar-refractivity contribution is -0.385. The number of carbonyl (C=O) groups excluding carboxylic acids is 2. The number of hydrogen-bond donors (Lipinski definition) is 2. The largest absolute Gasteiger partial charge is 0.481 e. The van der Waals surface area contributed by atoms with Crippen molar-refractivity contribution in [1.82, 2.24) is 10.9 Å². The zero-order chi connectivity index (χ0) is 19.3. The van der Waals surface area contributed by atoms with Gasteiger partial charge in [-0.05, 0) is 43.3 Å². The topological polar surface area (TPSA) is 111 Å². The summed E-state index contributed by atoms with van der Waals surface area (Å²) in [6.45, 7) is 1.41. The molecule has 2 rings (SSSR count). The maximum absolute atomic E-state index is 12.8. The Morgan fingerprint density at radius 3 is 2.46 bits per heavy atom. The standard InChI is InChI=1S/C16H13ClFN3O5/c1-9(26-12-5-3-11(18)4-6-12)15(22)19-20-16(23)13-8-10(17)2-7-14(13)21(24)25/h2-9H,1H3,(H,19,22)(H,20,23)/t9-/m1/s1. The van der Waals surface area contributed by atoms with Crippen LogP contribution in [0.5, 0.6) is 5.75 Å². The molecule has 0 saturated carbocycles. The fourth-order valence-corrected chi connectivity index (χ4v) is 2.08. The van der Waals surface area contributed by atoms with Crippen LogP contribution in [-0.2, 0) is 4.79 Å². The highest BCUT2D eigenvalue weighted by atomic mass is 35.5. The molecule has 10 heteroatoms. The van der Waals surface area contributed by atoms with Crippen LogP contribution < -0.4 is 15.6 Å². The van der Waals surface area contributed by atoms with Crippen LogP contribution in [0.25, 0.3) is 0 Å². The average Bonchev–Trinajstić information content (AvgIpc) is 2.60. The number of nitrogens with zero attached hydrogens (tertiary/aromatic N) is 1. The Labute approximate surface area is 152 Å². The molecule has 0 aliphatic rings. The summed E-state index contributed by atoms with van der Waals surface area (Å²) >= 11 is 5.74. The Morgan fingerprint density at radius 1 is 1.19 bits per heavy atom. The molecular weight excluding hydrogens is 369 g/mol. The van der Waals surface area contributed by atoms with Gasteiger partial charge in [0.05, 0.1) is 4.92 Å². The lowest BCUT2D eigenvalue weighted by Gasteiger charge is -2.15. The predicted molar refractivity (Wildman–Crippen MR) is 90.2 cm³/mol. The quantitative estimate of drug-likeness (QED) is 0.611. The Balaban J connectivity index is 1.98. The minimum Gasteiger partial charge on any atom is -0.481 e. The van der Waals surface area contributed by atoms with Crippen LogP contribution in [-0.4, -0.2) is 22.8 Å². The van der Waals surface area contributed by atoms with E-state index in [1.54, 1.807) is 0 Å². The molecule has 0 aromatic heterocycles. The molecule has 0 heterocycles. The van der Waals surface area contributed by atoms with E-state index in [9.17, 15) is 24.1 Å². The third-order valence-corrected chi connectivity index (χ3v) is 3.43. The number of hydrazine groups is 1. The zero-order valence-electron chi connectivity index (χ0n) is 13.4. The van der Waals surface area contributed by atoms with Crippen LogP contribution in [0.15, 0.2) is 42.5 Å². The van der Waals surface area contributed by atoms with Crippen LogP contribution in [0.2, 0.25) is 5.02 Å². The average molecular weight is 382 g/mol. The number of carbonyl (C=O) groups is 2. The summed E-state index contributed by atoms with van der Waals surface area (Å²) in [5, 5.41) is 11.1. The SMILES string of the molecule is C[C@@H](Oc1ccc(F)cc1)C(=O)NNC(=O)c1cc(Cl)ccc1[N+](=O)[O-]. The molecule has 2 aromatic rings. The van der Waals surface area contributed by atoms with Crippen molar-refractivity contribution in [2.24, 2.45) is 0 Å². The van der Waals surface area contributed by atoms with Gasteiger partial charge in [0.1, 0.15) is 17.1 Å². The number of nitro benzene ring substituents is 1. The van der Waals surface area contributed by atoms with Crippen LogP contribution in [0, 0.1) is 15.9 Å². The molecule has 0 spiro atoms. The van der Waals surface area contributed by atoms with E-state index in [-0.39, 0.29) is 16.3 Å². The van der Waals surface area contributed by atoms with E-state index >= 15 is 0 Å². The van der Waals surface area contributed by atoms with Crippen molar-refractivity contribution in [3.8, 4) is 5.75 Å². The van der Waals surface area contributed by atoms with Gasteiger partial charge in [-0.25, -0.2) is 4.39 Å². The number of benzene rings is 2. The number of nitrogens with one attached hydrogen (secondary N) is 2. The fraction of sp³-hybridized carbons (Fsp3) is 0.125. The second-order valence-corrected chi connectivity index (χ2v) is 5.51. The molecule has 0 fully saturated rings. The lowest BCUT2D eigenvalue weighted by Crippen LogP contribution is -2.47. The van der Waals surface area contributed by atoms with Crippen molar-refractivity contribution in [3.05, 3.63) is 69.0 Å². The van der Waals surface area contributed by atoms with Gasteiger partial charge in [0, 0.05) is 11.1 Å². The molecule has 8 nitrogen and oxygen atoms in total. The summed E-state index contributed by atoms with van der Waals surface area (Å²) < 4.78 is 18.1. The number of hydrogen-bond acceptors (Lipinski definition) is 5. The molecule has 0 saturated heterocycles. The van der Waals surface area contributed by atoms with Gasteiger partial charge >= 0.3 is 0 Å². The first-order valence-corrected chi connectivity index (χ1v) is 7.62. The molecule has 0 unspecified atom stereocenters. The number of rotatable bonds is 5. The number of amides is 2. The van der Waals surface area contributed by atoms with Gasteiger partial charge < -0.3 is 4.74 Å². The molecule has 0 aliphatic heterocycles. The fourth-order valence-electron chi connectivity index (χ4n) is 1.91. The van der Waals surface area contributed by atoms with E-state index < -0.39 is 34.3 Å². The van der Waals surface area contributed by atoms with Crippen LogP contribution in [0.1, 0.15) is 17.3 Å². The Kier molecular flexibility index (Phi) is 6.07. The van der Waals surface area contributed by atoms with E-state index in [2.05, 4.69) is 10.9 Å². The molecule has 26 heavy (non-hydrogen) atoms. The van der Waals surface area contributed by atoms with E-state index in [1.807, 2.05) is 0 Å². The maximum Gasteiger partial charge on any atom is 0.282 e. The Bertz CT molecular complexity index is 844. The monoisotopic (exact) mass is 381 g/mol. The molecular formula is C16H13ClFN3O5. The smallest absolute Gasteiger partial charge is 0.282 e. The summed E-state index contributed by atoms with van der Waals surface area (Å²) in [6.07, 6.45) is -1.02. The normalized spacial score (nSPS) is 11.3. The molecule has 2 aromatic carbocycles. The van der Waals surface area contributed by atoms with Crippen molar-refractivity contribution >= 4 is 29.1 Å². The van der Waals surface area contributed by atoms with Crippen molar-refractivity contribution in [3.63, 3.8) is 0 Å². The first-order valence-electron chi connectivity index (χ1n) is 7.24. The van der Waals surface area contributed by atoms with Crippen molar-refractivity contribution in [2.45, 2.75) is 13.0 Å². The maximum atomic E-state index is 12.8. The summed E-state index contributed by atoms with van der Waals surface area (Å²) in [4.78, 5) is 34.2. The van der Waals surface area contributed by atoms with E-state index in [4.69, 9.17) is 16.3 Å². The predicted octanol–water partition coefficient (Wildman–Crippen LogP) is 2.62. The summed E-state index contributed by atoms with van der Waals surface area (Å²) in [5.41, 5.74) is 3.38. The third kappa shape index (κ3) is 4.90. The lowest BCUT2D eigenvalue weighted by atomic mass is 10.1. The van der Waals surface area contributed by atoms with Gasteiger partial charge in [-0.3, -0.25) is 30.6 Å². The van der Waals surface area contributed by atoms with E-state index in [1.165, 1.54) is 37.3 Å². The van der Waals surface area contributed by atoms with Gasteiger partial charge in [0.25, 0.3) is 17.5 Å². The molecule has 0 aliphatic carbocycles. The highest BCUT2D eigenvalue weighted by molar-refractivity contribution is 6.31. The number of halogens is 2. The number of nitro groups is 1. The molecule has 0 bridgehead atoms. The summed E-state index contributed by atoms with van der Waals surface area (Å²) in [6, 6.07) is 8.48. The van der Waals surface area contributed by atoms with Gasteiger partial charge in [-0.15, -0.1) is 0 Å². The highest BCUT2D eigenvalue weighted by Gasteiger charge is 2.22. The molecule has 1 atom stereocenters. The molecule has 2 N–H and O–H groups in total. The minimum absolute atomic E-state index is 0.125. The summed E-state index contributed by atoms with van der Waals surface area (Å²) in [5.74, 6) is -1.83. The van der Waals surface area contributed by atoms with E-state index in [0.29, 0.717) is 0 Å².